The van der Waals surface area contributed by atoms with Crippen LogP contribution in [0.15, 0.2) is 61.2 Å². The van der Waals surface area contributed by atoms with Crippen molar-refractivity contribution in [3.05, 3.63) is 72.3 Å². The van der Waals surface area contributed by atoms with Crippen molar-refractivity contribution >= 4 is 12.1 Å². The van der Waals surface area contributed by atoms with Gasteiger partial charge in [-0.25, -0.2) is 9.59 Å². The highest BCUT2D eigenvalue weighted by atomic mass is 16.5. The second kappa shape index (κ2) is 6.58. The van der Waals surface area contributed by atoms with Crippen LogP contribution >= 0.6 is 0 Å². The van der Waals surface area contributed by atoms with Crippen molar-refractivity contribution in [3.63, 3.8) is 0 Å². The van der Waals surface area contributed by atoms with Crippen LogP contribution in [0.3, 0.4) is 0 Å². The molecule has 5 nitrogen and oxygen atoms in total. The summed E-state index contributed by atoms with van der Waals surface area (Å²) in [6.45, 7) is 3.52. The Balaban J connectivity index is 1.75. The summed E-state index contributed by atoms with van der Waals surface area (Å²) in [4.78, 5) is 22.8. The summed E-state index contributed by atoms with van der Waals surface area (Å²) in [5, 5.41) is 11.2. The van der Waals surface area contributed by atoms with Gasteiger partial charge in [-0.3, -0.25) is 0 Å². The lowest BCUT2D eigenvalue weighted by Gasteiger charge is -2.15. The highest BCUT2D eigenvalue weighted by molar-refractivity contribution is 5.82. The zero-order chi connectivity index (χ0) is 17.1. The molecule has 24 heavy (non-hydrogen) atoms. The predicted molar refractivity (Wildman–Crippen MR) is 89.8 cm³/mol. The number of hydrogen-bond donors (Lipinski definition) is 2. The molecule has 0 saturated carbocycles. The molecule has 0 aromatic heterocycles. The summed E-state index contributed by atoms with van der Waals surface area (Å²) in [7, 11) is 0. The van der Waals surface area contributed by atoms with Gasteiger partial charge in [0.25, 0.3) is 0 Å². The summed E-state index contributed by atoms with van der Waals surface area (Å²) in [6.07, 6.45) is 0.369. The smallest absolute Gasteiger partial charge is 0.408 e. The van der Waals surface area contributed by atoms with Gasteiger partial charge in [-0.15, -0.1) is 6.58 Å². The molecule has 5 heteroatoms. The number of nitrogens with one attached hydrogen (secondary N) is 1. The van der Waals surface area contributed by atoms with Crippen molar-refractivity contribution in [1.82, 2.24) is 5.32 Å². The molecule has 0 saturated heterocycles. The van der Waals surface area contributed by atoms with Crippen LogP contribution in [-0.4, -0.2) is 29.8 Å². The Morgan fingerprint density at radius 3 is 2.17 bits per heavy atom. The molecule has 3 rings (SSSR count). The summed E-state index contributed by atoms with van der Waals surface area (Å²) in [5.74, 6) is -1.24. The molecule has 1 aliphatic rings. The Bertz CT molecular complexity index is 754. The summed E-state index contributed by atoms with van der Waals surface area (Å²) < 4.78 is 5.26. The van der Waals surface area contributed by atoms with Gasteiger partial charge in [0, 0.05) is 5.92 Å². The van der Waals surface area contributed by atoms with Crippen LogP contribution in [0.25, 0.3) is 11.1 Å². The maximum absolute atomic E-state index is 11.9. The largest absolute Gasteiger partial charge is 0.479 e. The molecule has 0 aliphatic heterocycles. The standard InChI is InChI=1S/C19H17NO4/c1-2-17(18(21)22)20-19(23)24-11-16-14-9-5-3-7-12(14)13-8-4-6-10-15(13)16/h2-10,16-17H,1,11H2,(H,20,23)(H,21,22)/t17-/m1/s1. The predicted octanol–water partition coefficient (Wildman–Crippen LogP) is 3.16. The third kappa shape index (κ3) is 2.88. The van der Waals surface area contributed by atoms with Gasteiger partial charge >= 0.3 is 12.1 Å². The lowest BCUT2D eigenvalue weighted by molar-refractivity contribution is -0.138. The summed E-state index contributed by atoms with van der Waals surface area (Å²) in [6, 6.07) is 14.8. The monoisotopic (exact) mass is 323 g/mol. The normalized spacial score (nSPS) is 13.5. The van der Waals surface area contributed by atoms with Crippen LogP contribution in [0.1, 0.15) is 17.0 Å². The molecule has 1 atom stereocenters. The number of amides is 1. The average molecular weight is 323 g/mol. The summed E-state index contributed by atoms with van der Waals surface area (Å²) in [5.41, 5.74) is 4.48. The number of fused-ring (bicyclic) bond motifs is 3. The van der Waals surface area contributed by atoms with E-state index in [9.17, 15) is 9.59 Å². The molecule has 2 aromatic carbocycles. The minimum atomic E-state index is -1.18. The zero-order valence-electron chi connectivity index (χ0n) is 12.9. The first-order valence-electron chi connectivity index (χ1n) is 7.58. The number of benzene rings is 2. The number of carbonyl (C=O) groups excluding carboxylic acids is 1. The van der Waals surface area contributed by atoms with E-state index in [2.05, 4.69) is 11.9 Å². The lowest BCUT2D eigenvalue weighted by atomic mass is 9.98. The fourth-order valence-electron chi connectivity index (χ4n) is 2.99. The first-order valence-corrected chi connectivity index (χ1v) is 7.58. The molecule has 1 amide bonds. The van der Waals surface area contributed by atoms with Crippen molar-refractivity contribution in [2.75, 3.05) is 6.61 Å². The van der Waals surface area contributed by atoms with Crippen LogP contribution < -0.4 is 5.32 Å². The molecule has 0 unspecified atom stereocenters. The van der Waals surface area contributed by atoms with Gasteiger partial charge in [0.15, 0.2) is 0 Å². The van der Waals surface area contributed by atoms with E-state index >= 15 is 0 Å². The number of rotatable bonds is 5. The maximum atomic E-state index is 11.9. The van der Waals surface area contributed by atoms with Gasteiger partial charge in [0.1, 0.15) is 12.6 Å². The molecule has 122 valence electrons. The first-order chi connectivity index (χ1) is 11.6. The van der Waals surface area contributed by atoms with E-state index in [1.54, 1.807) is 0 Å². The summed E-state index contributed by atoms with van der Waals surface area (Å²) >= 11 is 0. The zero-order valence-corrected chi connectivity index (χ0v) is 12.9. The first kappa shape index (κ1) is 15.8. The minimum Gasteiger partial charge on any atom is -0.479 e. The molecular formula is C19H17NO4. The van der Waals surface area contributed by atoms with Gasteiger partial charge in [-0.2, -0.15) is 0 Å². The Labute approximate surface area is 139 Å². The Kier molecular flexibility index (Phi) is 4.33. The number of aliphatic carboxylic acids is 1. The van der Waals surface area contributed by atoms with E-state index in [0.29, 0.717) is 0 Å². The number of carbonyl (C=O) groups is 2. The van der Waals surface area contributed by atoms with E-state index in [4.69, 9.17) is 9.84 Å². The Morgan fingerprint density at radius 1 is 1.12 bits per heavy atom. The molecule has 0 heterocycles. The van der Waals surface area contributed by atoms with Crippen LogP contribution in [0.4, 0.5) is 4.79 Å². The minimum absolute atomic E-state index is 0.0600. The van der Waals surface area contributed by atoms with Gasteiger partial charge in [0.2, 0.25) is 0 Å². The average Bonchev–Trinajstić information content (AvgIpc) is 2.91. The van der Waals surface area contributed by atoms with Crippen LogP contribution in [-0.2, 0) is 9.53 Å². The molecular weight excluding hydrogens is 306 g/mol. The van der Waals surface area contributed by atoms with Gasteiger partial charge in [-0.1, -0.05) is 54.6 Å². The number of carboxylic acid groups (broad SMARTS) is 1. The van der Waals surface area contributed by atoms with E-state index < -0.39 is 18.1 Å². The van der Waals surface area contributed by atoms with E-state index in [0.717, 1.165) is 28.3 Å². The van der Waals surface area contributed by atoms with Crippen molar-refractivity contribution in [1.29, 1.82) is 0 Å². The highest BCUT2D eigenvalue weighted by Crippen LogP contribution is 2.44. The highest BCUT2D eigenvalue weighted by Gasteiger charge is 2.29. The Morgan fingerprint density at radius 2 is 1.67 bits per heavy atom. The molecule has 0 spiro atoms. The topological polar surface area (TPSA) is 75.6 Å². The van der Waals surface area contributed by atoms with Crippen molar-refractivity contribution in [3.8, 4) is 11.1 Å². The molecule has 2 aromatic rings. The molecule has 1 aliphatic carbocycles. The number of hydrogen-bond acceptors (Lipinski definition) is 3. The van der Waals surface area contributed by atoms with Gasteiger partial charge in [-0.05, 0) is 22.3 Å². The van der Waals surface area contributed by atoms with Crippen molar-refractivity contribution in [2.45, 2.75) is 12.0 Å². The third-order valence-corrected chi connectivity index (χ3v) is 4.12. The van der Waals surface area contributed by atoms with Crippen molar-refractivity contribution in [2.24, 2.45) is 0 Å². The molecule has 0 radical (unpaired) electrons. The van der Waals surface area contributed by atoms with E-state index in [1.807, 2.05) is 48.5 Å². The van der Waals surface area contributed by atoms with E-state index in [1.165, 1.54) is 0 Å². The van der Waals surface area contributed by atoms with E-state index in [-0.39, 0.29) is 12.5 Å². The number of alkyl carbamates (subject to hydrolysis) is 1. The fraction of sp³-hybridized carbons (Fsp3) is 0.158. The Hall–Kier alpha value is -3.08. The van der Waals surface area contributed by atoms with Crippen LogP contribution in [0.5, 0.6) is 0 Å². The number of carboxylic acids is 1. The third-order valence-electron chi connectivity index (χ3n) is 4.12. The number of ether oxygens (including phenoxy) is 1. The molecule has 0 bridgehead atoms. The maximum Gasteiger partial charge on any atom is 0.408 e. The van der Waals surface area contributed by atoms with Gasteiger partial charge in [0.05, 0.1) is 0 Å². The quantitative estimate of drug-likeness (QED) is 0.829. The second-order valence-corrected chi connectivity index (χ2v) is 5.52. The van der Waals surface area contributed by atoms with Gasteiger partial charge < -0.3 is 15.2 Å². The SMILES string of the molecule is C=C[C@@H](NC(=O)OCC1c2ccccc2-c2ccccc21)C(=O)O. The molecule has 0 fully saturated rings. The lowest BCUT2D eigenvalue weighted by Crippen LogP contribution is -2.39. The second-order valence-electron chi connectivity index (χ2n) is 5.52. The van der Waals surface area contributed by atoms with Crippen molar-refractivity contribution < 1.29 is 19.4 Å². The molecule has 2 N–H and O–H groups in total. The van der Waals surface area contributed by atoms with Crippen LogP contribution in [0, 0.1) is 0 Å². The fourth-order valence-corrected chi connectivity index (χ4v) is 2.99. The van der Waals surface area contributed by atoms with Crippen LogP contribution in [0.2, 0.25) is 0 Å².